The van der Waals surface area contributed by atoms with Gasteiger partial charge in [0.1, 0.15) is 0 Å². The van der Waals surface area contributed by atoms with Crippen molar-refractivity contribution in [1.29, 1.82) is 0 Å². The smallest absolute Gasteiger partial charge is 0.255 e. The van der Waals surface area contributed by atoms with Crippen molar-refractivity contribution in [3.05, 3.63) is 59.4 Å². The molecule has 1 amide bonds. The first-order valence-electron chi connectivity index (χ1n) is 6.21. The minimum Gasteiger partial charge on any atom is -0.322 e. The summed E-state index contributed by atoms with van der Waals surface area (Å²) in [7, 11) is 0. The lowest BCUT2D eigenvalue weighted by Gasteiger charge is -2.08. The Labute approximate surface area is 118 Å². The van der Waals surface area contributed by atoms with Gasteiger partial charge in [-0.3, -0.25) is 9.78 Å². The topological polar surface area (TPSA) is 68.0 Å². The summed E-state index contributed by atoms with van der Waals surface area (Å²) >= 11 is 0. The number of aryl methyl sites for hydroxylation is 1. The van der Waals surface area contributed by atoms with Gasteiger partial charge >= 0.3 is 0 Å². The predicted octanol–water partition coefficient (Wildman–Crippen LogP) is 1.95. The zero-order chi connectivity index (χ0) is 14.4. The molecule has 20 heavy (non-hydrogen) atoms. The van der Waals surface area contributed by atoms with Crippen LogP contribution >= 0.6 is 0 Å². The Bertz CT molecular complexity index is 669. The molecule has 3 N–H and O–H groups in total. The van der Waals surface area contributed by atoms with Crippen LogP contribution in [0.5, 0.6) is 0 Å². The fourth-order valence-corrected chi connectivity index (χ4v) is 1.73. The highest BCUT2D eigenvalue weighted by atomic mass is 16.1. The largest absolute Gasteiger partial charge is 0.322 e. The molecule has 0 radical (unpaired) electrons. The number of hydrogen-bond donors (Lipinski definition) is 2. The number of hydrogen-bond acceptors (Lipinski definition) is 3. The Kier molecular flexibility index (Phi) is 4.48. The van der Waals surface area contributed by atoms with Crippen molar-refractivity contribution in [1.82, 2.24) is 4.98 Å². The predicted molar refractivity (Wildman–Crippen MR) is 79.3 cm³/mol. The average molecular weight is 265 g/mol. The van der Waals surface area contributed by atoms with Crippen LogP contribution in [0, 0.1) is 18.8 Å². The van der Waals surface area contributed by atoms with Crippen LogP contribution in [-0.4, -0.2) is 17.4 Å². The molecule has 1 heterocycles. The number of nitrogens with two attached hydrogens (primary N) is 1. The number of rotatable bonds is 2. The van der Waals surface area contributed by atoms with Gasteiger partial charge in [-0.1, -0.05) is 17.9 Å². The number of carbonyl (C=O) groups is 1. The number of amides is 1. The molecule has 0 atom stereocenters. The Morgan fingerprint density at radius 3 is 2.75 bits per heavy atom. The van der Waals surface area contributed by atoms with Crippen LogP contribution in [0.1, 0.15) is 21.5 Å². The third kappa shape index (κ3) is 3.44. The average Bonchev–Trinajstić information content (AvgIpc) is 2.47. The molecule has 0 saturated heterocycles. The number of carbonyl (C=O) groups excluding carboxylic acids is 1. The second-order valence-corrected chi connectivity index (χ2v) is 4.23. The van der Waals surface area contributed by atoms with Crippen molar-refractivity contribution < 1.29 is 4.79 Å². The van der Waals surface area contributed by atoms with Crippen molar-refractivity contribution in [2.45, 2.75) is 6.92 Å². The Balaban J connectivity index is 2.25. The van der Waals surface area contributed by atoms with E-state index in [1.54, 1.807) is 30.6 Å². The first-order valence-corrected chi connectivity index (χ1v) is 6.21. The highest BCUT2D eigenvalue weighted by Gasteiger charge is 2.09. The van der Waals surface area contributed by atoms with E-state index in [-0.39, 0.29) is 5.91 Å². The van der Waals surface area contributed by atoms with Gasteiger partial charge in [-0.05, 0) is 36.8 Å². The van der Waals surface area contributed by atoms with Gasteiger partial charge < -0.3 is 11.1 Å². The van der Waals surface area contributed by atoms with E-state index in [0.29, 0.717) is 17.8 Å². The highest BCUT2D eigenvalue weighted by Crippen LogP contribution is 2.13. The number of anilines is 1. The van der Waals surface area contributed by atoms with Crippen LogP contribution < -0.4 is 11.1 Å². The lowest BCUT2D eigenvalue weighted by Crippen LogP contribution is -2.13. The number of benzene rings is 1. The third-order valence-corrected chi connectivity index (χ3v) is 2.76. The third-order valence-electron chi connectivity index (χ3n) is 2.76. The molecule has 2 aromatic rings. The molecule has 0 aliphatic carbocycles. The van der Waals surface area contributed by atoms with Gasteiger partial charge in [0, 0.05) is 29.2 Å². The molecule has 0 spiro atoms. The zero-order valence-electron chi connectivity index (χ0n) is 11.2. The molecule has 4 nitrogen and oxygen atoms in total. The van der Waals surface area contributed by atoms with E-state index in [1.165, 1.54) is 0 Å². The molecular weight excluding hydrogens is 250 g/mol. The summed E-state index contributed by atoms with van der Waals surface area (Å²) in [4.78, 5) is 16.2. The minimum atomic E-state index is -0.162. The highest BCUT2D eigenvalue weighted by molar-refractivity contribution is 6.05. The molecule has 0 bridgehead atoms. The molecule has 1 aromatic heterocycles. The van der Waals surface area contributed by atoms with Gasteiger partial charge in [0.05, 0.1) is 6.54 Å². The number of aromatic nitrogens is 1. The van der Waals surface area contributed by atoms with E-state index >= 15 is 0 Å². The number of nitrogens with one attached hydrogen (secondary N) is 1. The Hall–Kier alpha value is -2.64. The van der Waals surface area contributed by atoms with E-state index in [1.807, 2.05) is 19.1 Å². The molecule has 4 heteroatoms. The van der Waals surface area contributed by atoms with Crippen LogP contribution in [0.2, 0.25) is 0 Å². The Morgan fingerprint density at radius 1 is 1.30 bits per heavy atom. The van der Waals surface area contributed by atoms with E-state index in [9.17, 15) is 4.79 Å². The second-order valence-electron chi connectivity index (χ2n) is 4.23. The summed E-state index contributed by atoms with van der Waals surface area (Å²) in [6, 6.07) is 9.01. The maximum absolute atomic E-state index is 12.3. The fourth-order valence-electron chi connectivity index (χ4n) is 1.73. The quantitative estimate of drug-likeness (QED) is 0.815. The van der Waals surface area contributed by atoms with Gasteiger partial charge in [-0.15, -0.1) is 0 Å². The molecule has 0 saturated carbocycles. The monoisotopic (exact) mass is 265 g/mol. The zero-order valence-corrected chi connectivity index (χ0v) is 11.2. The molecule has 0 unspecified atom stereocenters. The van der Waals surface area contributed by atoms with Gasteiger partial charge in [0.15, 0.2) is 0 Å². The van der Waals surface area contributed by atoms with Gasteiger partial charge in [0.2, 0.25) is 0 Å². The van der Waals surface area contributed by atoms with Crippen LogP contribution in [0.3, 0.4) is 0 Å². The van der Waals surface area contributed by atoms with Crippen molar-refractivity contribution in [3.8, 4) is 11.8 Å². The van der Waals surface area contributed by atoms with E-state index in [4.69, 9.17) is 5.73 Å². The van der Waals surface area contributed by atoms with E-state index < -0.39 is 0 Å². The van der Waals surface area contributed by atoms with Crippen LogP contribution in [0.15, 0.2) is 42.7 Å². The SMILES string of the molecule is Cc1ccc(C#CCN)cc1C(=O)Nc1ccncc1. The van der Waals surface area contributed by atoms with Crippen molar-refractivity contribution >= 4 is 11.6 Å². The molecule has 0 aliphatic heterocycles. The standard InChI is InChI=1S/C16H15N3O/c1-12-4-5-13(3-2-8-17)11-15(12)16(20)19-14-6-9-18-10-7-14/h4-7,9-11H,8,17H2,1H3,(H,18,19,20). The first-order chi connectivity index (χ1) is 9.70. The summed E-state index contributed by atoms with van der Waals surface area (Å²) in [5, 5.41) is 2.83. The van der Waals surface area contributed by atoms with Crippen molar-refractivity contribution in [2.75, 3.05) is 11.9 Å². The summed E-state index contributed by atoms with van der Waals surface area (Å²) in [5.74, 6) is 5.54. The molecule has 0 aliphatic rings. The molecular formula is C16H15N3O. The van der Waals surface area contributed by atoms with Gasteiger partial charge in [-0.2, -0.15) is 0 Å². The lowest BCUT2D eigenvalue weighted by molar-refractivity contribution is 0.102. The molecule has 2 rings (SSSR count). The number of nitrogens with zero attached hydrogens (tertiary/aromatic N) is 1. The molecule has 1 aromatic carbocycles. The van der Waals surface area contributed by atoms with Crippen LogP contribution in [-0.2, 0) is 0 Å². The summed E-state index contributed by atoms with van der Waals surface area (Å²) < 4.78 is 0. The first kappa shape index (κ1) is 13.8. The second kappa shape index (κ2) is 6.50. The minimum absolute atomic E-state index is 0.162. The maximum Gasteiger partial charge on any atom is 0.255 e. The van der Waals surface area contributed by atoms with Crippen molar-refractivity contribution in [2.24, 2.45) is 5.73 Å². The fraction of sp³-hybridized carbons (Fsp3) is 0.125. The van der Waals surface area contributed by atoms with E-state index in [0.717, 1.165) is 11.1 Å². The summed E-state index contributed by atoms with van der Waals surface area (Å²) in [6.45, 7) is 2.19. The Morgan fingerprint density at radius 2 is 2.05 bits per heavy atom. The maximum atomic E-state index is 12.3. The van der Waals surface area contributed by atoms with Gasteiger partial charge in [-0.25, -0.2) is 0 Å². The summed E-state index contributed by atoms with van der Waals surface area (Å²) in [5.41, 5.74) is 8.34. The van der Waals surface area contributed by atoms with E-state index in [2.05, 4.69) is 22.1 Å². The van der Waals surface area contributed by atoms with Crippen LogP contribution in [0.4, 0.5) is 5.69 Å². The molecule has 0 fully saturated rings. The normalized spacial score (nSPS) is 9.50. The lowest BCUT2D eigenvalue weighted by atomic mass is 10.0. The summed E-state index contributed by atoms with van der Waals surface area (Å²) in [6.07, 6.45) is 3.26. The number of pyridine rings is 1. The molecule has 100 valence electrons. The van der Waals surface area contributed by atoms with Crippen molar-refractivity contribution in [3.63, 3.8) is 0 Å². The van der Waals surface area contributed by atoms with Crippen LogP contribution in [0.25, 0.3) is 0 Å². The van der Waals surface area contributed by atoms with Gasteiger partial charge in [0.25, 0.3) is 5.91 Å².